The molecular weight excluding hydrogens is 290 g/mol. The second-order valence-corrected chi connectivity index (χ2v) is 6.21. The zero-order valence-electron chi connectivity index (χ0n) is 12.5. The molecule has 0 atom stereocenters. The van der Waals surface area contributed by atoms with Crippen molar-refractivity contribution in [2.75, 3.05) is 6.54 Å². The number of rotatable bonds is 8. The Balaban J connectivity index is 2.20. The molecular formula is C16H22ClNO3. The van der Waals surface area contributed by atoms with Crippen molar-refractivity contribution in [3.63, 3.8) is 0 Å². The van der Waals surface area contributed by atoms with E-state index in [1.165, 1.54) is 0 Å². The Bertz CT molecular complexity index is 483. The van der Waals surface area contributed by atoms with Gasteiger partial charge in [0.25, 0.3) is 0 Å². The number of aliphatic carboxylic acids is 1. The molecule has 1 rings (SSSR count). The molecule has 2 N–H and O–H groups in total. The lowest BCUT2D eigenvalue weighted by Crippen LogP contribution is -2.31. The molecule has 0 aliphatic rings. The molecule has 0 aromatic heterocycles. The Morgan fingerprint density at radius 2 is 1.86 bits per heavy atom. The van der Waals surface area contributed by atoms with Gasteiger partial charge in [0.05, 0.1) is 5.41 Å². The van der Waals surface area contributed by atoms with Gasteiger partial charge in [0, 0.05) is 18.0 Å². The number of carboxylic acids is 1. The third-order valence-electron chi connectivity index (χ3n) is 3.43. The Labute approximate surface area is 130 Å². The van der Waals surface area contributed by atoms with Gasteiger partial charge in [0.2, 0.25) is 5.91 Å². The average molecular weight is 312 g/mol. The van der Waals surface area contributed by atoms with Crippen molar-refractivity contribution in [2.45, 2.75) is 39.5 Å². The third-order valence-corrected chi connectivity index (χ3v) is 3.69. The van der Waals surface area contributed by atoms with E-state index in [0.717, 1.165) is 18.4 Å². The highest BCUT2D eigenvalue weighted by Crippen LogP contribution is 2.19. The summed E-state index contributed by atoms with van der Waals surface area (Å²) in [5.74, 6) is -0.885. The third kappa shape index (κ3) is 6.63. The zero-order chi connectivity index (χ0) is 15.9. The van der Waals surface area contributed by atoms with Crippen molar-refractivity contribution in [3.8, 4) is 0 Å². The predicted molar refractivity (Wildman–Crippen MR) is 83.4 cm³/mol. The van der Waals surface area contributed by atoms with Crippen LogP contribution < -0.4 is 5.32 Å². The van der Waals surface area contributed by atoms with E-state index in [1.54, 1.807) is 13.8 Å². The maximum atomic E-state index is 11.7. The summed E-state index contributed by atoms with van der Waals surface area (Å²) in [4.78, 5) is 22.6. The first-order chi connectivity index (χ1) is 9.81. The number of halogens is 1. The number of hydrogen-bond donors (Lipinski definition) is 2. The average Bonchev–Trinajstić information content (AvgIpc) is 2.40. The first-order valence-corrected chi connectivity index (χ1v) is 7.43. The molecule has 1 amide bonds. The van der Waals surface area contributed by atoms with Crippen LogP contribution in [0.3, 0.4) is 0 Å². The molecule has 4 nitrogen and oxygen atoms in total. The molecule has 0 bridgehead atoms. The number of carboxylic acid groups (broad SMARTS) is 1. The van der Waals surface area contributed by atoms with Gasteiger partial charge in [-0.15, -0.1) is 0 Å². The first kappa shape index (κ1) is 17.5. The molecule has 0 saturated heterocycles. The van der Waals surface area contributed by atoms with Crippen LogP contribution >= 0.6 is 11.6 Å². The number of aryl methyl sites for hydroxylation is 1. The van der Waals surface area contributed by atoms with Gasteiger partial charge >= 0.3 is 5.97 Å². The lowest BCUT2D eigenvalue weighted by atomic mass is 9.90. The van der Waals surface area contributed by atoms with Crippen LogP contribution in [0.5, 0.6) is 0 Å². The molecule has 0 radical (unpaired) electrons. The maximum absolute atomic E-state index is 11.7. The topological polar surface area (TPSA) is 66.4 Å². The Hall–Kier alpha value is -1.55. The summed E-state index contributed by atoms with van der Waals surface area (Å²) < 4.78 is 0. The van der Waals surface area contributed by atoms with E-state index in [2.05, 4.69) is 5.32 Å². The van der Waals surface area contributed by atoms with E-state index in [4.69, 9.17) is 16.7 Å². The van der Waals surface area contributed by atoms with Gasteiger partial charge < -0.3 is 10.4 Å². The number of nitrogens with one attached hydrogen (secondary N) is 1. The van der Waals surface area contributed by atoms with Crippen LogP contribution in [0.1, 0.15) is 38.7 Å². The van der Waals surface area contributed by atoms with Gasteiger partial charge in [0.1, 0.15) is 0 Å². The van der Waals surface area contributed by atoms with Crippen molar-refractivity contribution in [2.24, 2.45) is 5.41 Å². The van der Waals surface area contributed by atoms with Crippen LogP contribution in [-0.2, 0) is 16.0 Å². The second-order valence-electron chi connectivity index (χ2n) is 5.77. The summed E-state index contributed by atoms with van der Waals surface area (Å²) in [5.41, 5.74) is 0.343. The normalized spacial score (nSPS) is 11.2. The standard InChI is InChI=1S/C16H22ClNO3/c1-16(2,15(20)21)10-11-18-14(19)5-3-4-12-6-8-13(17)9-7-12/h6-9H,3-5,10-11H2,1-2H3,(H,18,19)(H,20,21). The Morgan fingerprint density at radius 3 is 2.43 bits per heavy atom. The molecule has 21 heavy (non-hydrogen) atoms. The van der Waals surface area contributed by atoms with Crippen LogP contribution in [0.15, 0.2) is 24.3 Å². The number of carbonyl (C=O) groups excluding carboxylic acids is 1. The van der Waals surface area contributed by atoms with Gasteiger partial charge in [-0.2, -0.15) is 0 Å². The quantitative estimate of drug-likeness (QED) is 0.774. The lowest BCUT2D eigenvalue weighted by Gasteiger charge is -2.18. The van der Waals surface area contributed by atoms with E-state index in [0.29, 0.717) is 24.4 Å². The number of benzene rings is 1. The molecule has 1 aromatic rings. The van der Waals surface area contributed by atoms with E-state index < -0.39 is 11.4 Å². The monoisotopic (exact) mass is 311 g/mol. The van der Waals surface area contributed by atoms with Gasteiger partial charge in [-0.3, -0.25) is 9.59 Å². The zero-order valence-corrected chi connectivity index (χ0v) is 13.2. The highest BCUT2D eigenvalue weighted by Gasteiger charge is 2.26. The van der Waals surface area contributed by atoms with Crippen LogP contribution in [-0.4, -0.2) is 23.5 Å². The molecule has 116 valence electrons. The number of hydrogen-bond acceptors (Lipinski definition) is 2. The summed E-state index contributed by atoms with van der Waals surface area (Å²) in [7, 11) is 0. The Kier molecular flexibility index (Phi) is 6.69. The fourth-order valence-corrected chi connectivity index (χ4v) is 1.94. The number of carbonyl (C=O) groups is 2. The molecule has 0 aliphatic carbocycles. The van der Waals surface area contributed by atoms with E-state index in [-0.39, 0.29) is 5.91 Å². The van der Waals surface area contributed by atoms with Crippen LogP contribution in [0.2, 0.25) is 5.02 Å². The number of amides is 1. The molecule has 1 aromatic carbocycles. The minimum Gasteiger partial charge on any atom is -0.481 e. The molecule has 0 aliphatic heterocycles. The maximum Gasteiger partial charge on any atom is 0.309 e. The summed E-state index contributed by atoms with van der Waals surface area (Å²) in [5, 5.41) is 12.4. The largest absolute Gasteiger partial charge is 0.481 e. The van der Waals surface area contributed by atoms with E-state index in [1.807, 2.05) is 24.3 Å². The van der Waals surface area contributed by atoms with Gasteiger partial charge in [-0.25, -0.2) is 0 Å². The molecule has 0 fully saturated rings. The van der Waals surface area contributed by atoms with E-state index in [9.17, 15) is 9.59 Å². The van der Waals surface area contributed by atoms with Crippen molar-refractivity contribution in [1.82, 2.24) is 5.32 Å². The fraction of sp³-hybridized carbons (Fsp3) is 0.500. The fourth-order valence-electron chi connectivity index (χ4n) is 1.81. The van der Waals surface area contributed by atoms with Gasteiger partial charge in [0.15, 0.2) is 0 Å². The van der Waals surface area contributed by atoms with Crippen molar-refractivity contribution < 1.29 is 14.7 Å². The lowest BCUT2D eigenvalue weighted by molar-refractivity contribution is -0.147. The predicted octanol–water partition coefficient (Wildman–Crippen LogP) is 3.28. The van der Waals surface area contributed by atoms with Gasteiger partial charge in [-0.1, -0.05) is 23.7 Å². The van der Waals surface area contributed by atoms with Crippen molar-refractivity contribution in [3.05, 3.63) is 34.9 Å². The minimum absolute atomic E-state index is 0.0369. The van der Waals surface area contributed by atoms with Crippen molar-refractivity contribution in [1.29, 1.82) is 0 Å². The first-order valence-electron chi connectivity index (χ1n) is 7.06. The summed E-state index contributed by atoms with van der Waals surface area (Å²) in [6.45, 7) is 3.70. The second kappa shape index (κ2) is 8.03. The summed E-state index contributed by atoms with van der Waals surface area (Å²) in [6.07, 6.45) is 2.45. The van der Waals surface area contributed by atoms with E-state index >= 15 is 0 Å². The Morgan fingerprint density at radius 1 is 1.24 bits per heavy atom. The highest BCUT2D eigenvalue weighted by molar-refractivity contribution is 6.30. The molecule has 0 heterocycles. The SMILES string of the molecule is CC(C)(CCNC(=O)CCCc1ccc(Cl)cc1)C(=O)O. The highest BCUT2D eigenvalue weighted by atomic mass is 35.5. The molecule has 0 saturated carbocycles. The van der Waals surface area contributed by atoms with Crippen LogP contribution in [0.4, 0.5) is 0 Å². The van der Waals surface area contributed by atoms with Gasteiger partial charge in [-0.05, 0) is 50.8 Å². The smallest absolute Gasteiger partial charge is 0.309 e. The minimum atomic E-state index is -0.848. The van der Waals surface area contributed by atoms with Crippen LogP contribution in [0.25, 0.3) is 0 Å². The molecule has 0 unspecified atom stereocenters. The van der Waals surface area contributed by atoms with Crippen molar-refractivity contribution >= 4 is 23.5 Å². The molecule has 5 heteroatoms. The summed E-state index contributed by atoms with van der Waals surface area (Å²) >= 11 is 5.81. The molecule has 0 spiro atoms. The van der Waals surface area contributed by atoms with Crippen LogP contribution in [0, 0.1) is 5.41 Å². The summed E-state index contributed by atoms with van der Waals surface area (Å²) in [6, 6.07) is 7.58.